The highest BCUT2D eigenvalue weighted by molar-refractivity contribution is 9.10. The minimum Gasteiger partial charge on any atom is -0.352 e. The van der Waals surface area contributed by atoms with Crippen LogP contribution in [0.15, 0.2) is 51.4 Å². The fraction of sp³-hybridized carbons (Fsp3) is 0.440. The van der Waals surface area contributed by atoms with Gasteiger partial charge in [0, 0.05) is 21.5 Å². The molecule has 2 aromatic carbocycles. The second kappa shape index (κ2) is 11.9. The summed E-state index contributed by atoms with van der Waals surface area (Å²) in [6.07, 6.45) is 5.10. The third kappa shape index (κ3) is 7.54. The maximum absolute atomic E-state index is 13.6. The number of nitrogens with one attached hydrogen (secondary N) is 1. The summed E-state index contributed by atoms with van der Waals surface area (Å²) >= 11 is 6.87. The van der Waals surface area contributed by atoms with E-state index in [-0.39, 0.29) is 18.5 Å². The van der Waals surface area contributed by atoms with E-state index in [1.165, 1.54) is 4.90 Å². The number of amides is 2. The molecule has 10 heteroatoms. The molecule has 1 atom stereocenters. The molecule has 2 aromatic rings. The molecule has 0 aromatic heterocycles. The van der Waals surface area contributed by atoms with Gasteiger partial charge in [-0.15, -0.1) is 0 Å². The fourth-order valence-electron chi connectivity index (χ4n) is 4.20. The highest BCUT2D eigenvalue weighted by Crippen LogP contribution is 2.25. The molecule has 0 heterocycles. The average Bonchev–Trinajstić information content (AvgIpc) is 3.29. The Balaban J connectivity index is 1.89. The van der Waals surface area contributed by atoms with E-state index in [0.717, 1.165) is 56.3 Å². The van der Waals surface area contributed by atoms with Gasteiger partial charge in [-0.3, -0.25) is 13.9 Å². The quantitative estimate of drug-likeness (QED) is 0.434. The van der Waals surface area contributed by atoms with Crippen LogP contribution in [0, 0.1) is 6.92 Å². The van der Waals surface area contributed by atoms with Gasteiger partial charge in [0.1, 0.15) is 12.6 Å². The lowest BCUT2D eigenvalue weighted by Gasteiger charge is -2.32. The van der Waals surface area contributed by atoms with Gasteiger partial charge in [-0.1, -0.05) is 56.8 Å². The normalized spacial score (nSPS) is 15.0. The van der Waals surface area contributed by atoms with Gasteiger partial charge >= 0.3 is 0 Å². The number of aryl methyl sites for hydroxylation is 1. The smallest absolute Gasteiger partial charge is 0.244 e. The van der Waals surface area contributed by atoms with Crippen molar-refractivity contribution in [1.29, 1.82) is 0 Å². The summed E-state index contributed by atoms with van der Waals surface area (Å²) in [6, 6.07) is 12.0. The second-order valence-electron chi connectivity index (χ2n) is 9.02. The molecule has 2 amide bonds. The molecule has 0 aliphatic heterocycles. The SMILES string of the molecule is Cc1cc(N(CC(=O)N(Cc2cccc(Br)c2)[C@H](C)C(=O)NC2CCCC2)S(C)(=O)=O)ccc1Br. The predicted molar refractivity (Wildman–Crippen MR) is 146 cm³/mol. The molecule has 1 aliphatic carbocycles. The second-order valence-corrected chi connectivity index (χ2v) is 12.7. The van der Waals surface area contributed by atoms with Crippen LogP contribution in [0.4, 0.5) is 5.69 Å². The Morgan fingerprint density at radius 3 is 2.40 bits per heavy atom. The molecule has 0 unspecified atom stereocenters. The summed E-state index contributed by atoms with van der Waals surface area (Å²) < 4.78 is 28.1. The van der Waals surface area contributed by atoms with Gasteiger partial charge in [-0.2, -0.15) is 0 Å². The molecule has 1 fully saturated rings. The summed E-state index contributed by atoms with van der Waals surface area (Å²) in [5.41, 5.74) is 2.07. The highest BCUT2D eigenvalue weighted by atomic mass is 79.9. The Labute approximate surface area is 224 Å². The molecule has 35 heavy (non-hydrogen) atoms. The molecule has 1 saturated carbocycles. The van der Waals surface area contributed by atoms with Crippen molar-refractivity contribution in [3.8, 4) is 0 Å². The molecule has 0 bridgehead atoms. The van der Waals surface area contributed by atoms with Crippen LogP contribution < -0.4 is 9.62 Å². The molecule has 0 spiro atoms. The maximum atomic E-state index is 13.6. The number of benzene rings is 2. The Hall–Kier alpha value is -1.91. The first-order valence-electron chi connectivity index (χ1n) is 11.5. The minimum absolute atomic E-state index is 0.117. The van der Waals surface area contributed by atoms with Crippen molar-refractivity contribution >= 4 is 59.4 Å². The van der Waals surface area contributed by atoms with Crippen molar-refractivity contribution < 1.29 is 18.0 Å². The van der Waals surface area contributed by atoms with Crippen LogP contribution in [0.3, 0.4) is 0 Å². The Kier molecular flexibility index (Phi) is 9.40. The van der Waals surface area contributed by atoms with Gasteiger partial charge in [-0.25, -0.2) is 8.42 Å². The standard InChI is InChI=1S/C25H31Br2N3O4S/c1-17-13-22(11-12-23(17)27)30(35(3,33)34)16-24(31)29(15-19-7-6-8-20(26)14-19)18(2)25(32)28-21-9-4-5-10-21/h6-8,11-14,18,21H,4-5,9-10,15-16H2,1-3H3,(H,28,32)/t18-/m1/s1. The first-order valence-corrected chi connectivity index (χ1v) is 15.0. The van der Waals surface area contributed by atoms with E-state index < -0.39 is 28.5 Å². The van der Waals surface area contributed by atoms with E-state index in [9.17, 15) is 18.0 Å². The Bertz CT molecular complexity index is 1180. The van der Waals surface area contributed by atoms with Crippen LogP contribution in [0.2, 0.25) is 0 Å². The van der Waals surface area contributed by atoms with E-state index in [0.29, 0.717) is 5.69 Å². The van der Waals surface area contributed by atoms with Crippen LogP contribution in [0.1, 0.15) is 43.7 Å². The van der Waals surface area contributed by atoms with E-state index in [1.807, 2.05) is 31.2 Å². The number of hydrogen-bond acceptors (Lipinski definition) is 4. The van der Waals surface area contributed by atoms with E-state index in [4.69, 9.17) is 0 Å². The lowest BCUT2D eigenvalue weighted by molar-refractivity contribution is -0.139. The van der Waals surface area contributed by atoms with Crippen molar-refractivity contribution in [1.82, 2.24) is 10.2 Å². The third-order valence-corrected chi connectivity index (χ3v) is 8.74. The highest BCUT2D eigenvalue weighted by Gasteiger charge is 2.31. The maximum Gasteiger partial charge on any atom is 0.244 e. The fourth-order valence-corrected chi connectivity index (χ4v) is 5.74. The van der Waals surface area contributed by atoms with Gasteiger partial charge in [0.25, 0.3) is 0 Å². The molecule has 190 valence electrons. The lowest BCUT2D eigenvalue weighted by Crippen LogP contribution is -2.52. The zero-order valence-corrected chi connectivity index (χ0v) is 24.1. The number of carbonyl (C=O) groups excluding carboxylic acids is 2. The van der Waals surface area contributed by atoms with Crippen molar-refractivity contribution in [3.05, 3.63) is 62.5 Å². The average molecular weight is 629 g/mol. The number of hydrogen-bond donors (Lipinski definition) is 1. The number of nitrogens with zero attached hydrogens (tertiary/aromatic N) is 2. The van der Waals surface area contributed by atoms with E-state index in [1.54, 1.807) is 25.1 Å². The summed E-state index contributed by atoms with van der Waals surface area (Å²) in [6.45, 7) is 3.31. The lowest BCUT2D eigenvalue weighted by atomic mass is 10.1. The third-order valence-electron chi connectivity index (χ3n) is 6.22. The van der Waals surface area contributed by atoms with Crippen molar-refractivity contribution in [2.24, 2.45) is 0 Å². The van der Waals surface area contributed by atoms with Crippen LogP contribution in [-0.4, -0.2) is 50.0 Å². The Morgan fingerprint density at radius 2 is 1.80 bits per heavy atom. The number of sulfonamides is 1. The summed E-state index contributed by atoms with van der Waals surface area (Å²) in [7, 11) is -3.76. The largest absolute Gasteiger partial charge is 0.352 e. The summed E-state index contributed by atoms with van der Waals surface area (Å²) in [5.74, 6) is -0.685. The van der Waals surface area contributed by atoms with Crippen molar-refractivity contribution in [2.45, 2.75) is 58.2 Å². The number of anilines is 1. The van der Waals surface area contributed by atoms with E-state index in [2.05, 4.69) is 37.2 Å². The minimum atomic E-state index is -3.76. The van der Waals surface area contributed by atoms with Crippen molar-refractivity contribution in [2.75, 3.05) is 17.1 Å². The predicted octanol–water partition coefficient (Wildman–Crippen LogP) is 4.76. The van der Waals surface area contributed by atoms with Crippen LogP contribution >= 0.6 is 31.9 Å². The van der Waals surface area contributed by atoms with Gasteiger partial charge in [0.05, 0.1) is 11.9 Å². The zero-order valence-electron chi connectivity index (χ0n) is 20.1. The van der Waals surface area contributed by atoms with E-state index >= 15 is 0 Å². The molecule has 0 radical (unpaired) electrons. The van der Waals surface area contributed by atoms with Gasteiger partial charge in [-0.05, 0) is 68.1 Å². The summed E-state index contributed by atoms with van der Waals surface area (Å²) in [4.78, 5) is 28.2. The molecule has 0 saturated heterocycles. The molecule has 1 N–H and O–H groups in total. The molecule has 1 aliphatic rings. The van der Waals surface area contributed by atoms with Gasteiger partial charge < -0.3 is 10.2 Å². The number of halogens is 2. The first kappa shape index (κ1) is 27.7. The van der Waals surface area contributed by atoms with Crippen LogP contribution in [0.5, 0.6) is 0 Å². The monoisotopic (exact) mass is 627 g/mol. The number of carbonyl (C=O) groups is 2. The van der Waals surface area contributed by atoms with Gasteiger partial charge in [0.15, 0.2) is 0 Å². The van der Waals surface area contributed by atoms with Crippen LogP contribution in [0.25, 0.3) is 0 Å². The van der Waals surface area contributed by atoms with Crippen molar-refractivity contribution in [3.63, 3.8) is 0 Å². The van der Waals surface area contributed by atoms with Crippen LogP contribution in [-0.2, 0) is 26.2 Å². The molecular formula is C25H31Br2N3O4S. The topological polar surface area (TPSA) is 86.8 Å². The summed E-state index contributed by atoms with van der Waals surface area (Å²) in [5, 5.41) is 3.06. The molecular weight excluding hydrogens is 598 g/mol. The Morgan fingerprint density at radius 1 is 1.11 bits per heavy atom. The number of rotatable bonds is 9. The first-order chi connectivity index (χ1) is 16.5. The molecule has 3 rings (SSSR count). The molecule has 7 nitrogen and oxygen atoms in total. The van der Waals surface area contributed by atoms with Gasteiger partial charge in [0.2, 0.25) is 21.8 Å². The zero-order chi connectivity index (χ0) is 25.8.